The predicted molar refractivity (Wildman–Crippen MR) is 65.4 cm³/mol. The van der Waals surface area contributed by atoms with Gasteiger partial charge in [0, 0.05) is 31.3 Å². The van der Waals surface area contributed by atoms with Gasteiger partial charge < -0.3 is 10.5 Å². The number of hydrogen-bond acceptors (Lipinski definition) is 3. The standard InChI is InChI=1S/C12H23N3O/c1-5-12(13,9-16-4)8-11-6-7-15(14-11)10(2)3/h6-7,10H,5,8-9,13H2,1-4H3. The van der Waals surface area contributed by atoms with Crippen LogP contribution >= 0.6 is 0 Å². The first-order valence-electron chi connectivity index (χ1n) is 5.82. The zero-order valence-corrected chi connectivity index (χ0v) is 10.7. The molecule has 0 aliphatic rings. The summed E-state index contributed by atoms with van der Waals surface area (Å²) in [6, 6.07) is 2.43. The summed E-state index contributed by atoms with van der Waals surface area (Å²) in [7, 11) is 1.68. The Morgan fingerprint density at radius 1 is 1.56 bits per heavy atom. The molecule has 4 heteroatoms. The fraction of sp³-hybridized carbons (Fsp3) is 0.750. The normalized spacial score (nSPS) is 15.4. The van der Waals surface area contributed by atoms with Gasteiger partial charge in [-0.2, -0.15) is 5.10 Å². The first-order valence-corrected chi connectivity index (χ1v) is 5.82. The van der Waals surface area contributed by atoms with Gasteiger partial charge in [0.1, 0.15) is 0 Å². The lowest BCUT2D eigenvalue weighted by Gasteiger charge is -2.26. The Hall–Kier alpha value is -0.870. The molecule has 16 heavy (non-hydrogen) atoms. The Bertz CT molecular complexity index is 322. The molecule has 0 radical (unpaired) electrons. The van der Waals surface area contributed by atoms with Gasteiger partial charge in [-0.15, -0.1) is 0 Å². The molecule has 92 valence electrons. The maximum atomic E-state index is 6.25. The third kappa shape index (κ3) is 3.32. The van der Waals surface area contributed by atoms with Crippen LogP contribution in [-0.2, 0) is 11.2 Å². The van der Waals surface area contributed by atoms with Gasteiger partial charge in [0.25, 0.3) is 0 Å². The zero-order valence-electron chi connectivity index (χ0n) is 10.7. The first-order chi connectivity index (χ1) is 7.50. The molecule has 0 amide bonds. The molecule has 2 N–H and O–H groups in total. The van der Waals surface area contributed by atoms with Gasteiger partial charge in [-0.05, 0) is 26.3 Å². The zero-order chi connectivity index (χ0) is 12.2. The highest BCUT2D eigenvalue weighted by Gasteiger charge is 2.24. The van der Waals surface area contributed by atoms with Crippen molar-refractivity contribution in [3.63, 3.8) is 0 Å². The fourth-order valence-corrected chi connectivity index (χ4v) is 1.69. The summed E-state index contributed by atoms with van der Waals surface area (Å²) < 4.78 is 7.12. The minimum Gasteiger partial charge on any atom is -0.383 e. The highest BCUT2D eigenvalue weighted by Crippen LogP contribution is 2.15. The van der Waals surface area contributed by atoms with E-state index >= 15 is 0 Å². The average Bonchev–Trinajstić information content (AvgIpc) is 2.66. The summed E-state index contributed by atoms with van der Waals surface area (Å²) in [6.07, 6.45) is 3.65. The lowest BCUT2D eigenvalue weighted by molar-refractivity contribution is 0.128. The molecule has 0 bridgehead atoms. The van der Waals surface area contributed by atoms with E-state index in [0.29, 0.717) is 12.6 Å². The molecule has 1 heterocycles. The molecule has 0 fully saturated rings. The van der Waals surface area contributed by atoms with Gasteiger partial charge in [0.15, 0.2) is 0 Å². The van der Waals surface area contributed by atoms with E-state index < -0.39 is 0 Å². The van der Waals surface area contributed by atoms with Crippen LogP contribution in [0.3, 0.4) is 0 Å². The van der Waals surface area contributed by atoms with Gasteiger partial charge in [-0.1, -0.05) is 6.92 Å². The first kappa shape index (κ1) is 13.2. The van der Waals surface area contributed by atoms with Crippen molar-refractivity contribution < 1.29 is 4.74 Å². The second-order valence-corrected chi connectivity index (χ2v) is 4.71. The summed E-state index contributed by atoms with van der Waals surface area (Å²) in [5, 5.41) is 4.51. The number of nitrogens with zero attached hydrogens (tertiary/aromatic N) is 2. The van der Waals surface area contributed by atoms with E-state index in [0.717, 1.165) is 18.5 Å². The Balaban J connectivity index is 2.70. The van der Waals surface area contributed by atoms with Crippen LogP contribution in [0.5, 0.6) is 0 Å². The van der Waals surface area contributed by atoms with Crippen LogP contribution in [0.15, 0.2) is 12.3 Å². The molecule has 0 aliphatic heterocycles. The van der Waals surface area contributed by atoms with Crippen LogP contribution in [0.2, 0.25) is 0 Å². The van der Waals surface area contributed by atoms with Crippen molar-refractivity contribution in [1.29, 1.82) is 0 Å². The Morgan fingerprint density at radius 2 is 2.25 bits per heavy atom. The lowest BCUT2D eigenvalue weighted by atomic mass is 9.93. The van der Waals surface area contributed by atoms with Crippen LogP contribution in [0.25, 0.3) is 0 Å². The van der Waals surface area contributed by atoms with E-state index in [2.05, 4.69) is 25.9 Å². The van der Waals surface area contributed by atoms with Crippen molar-refractivity contribution >= 4 is 0 Å². The molecular formula is C12H23N3O. The summed E-state index contributed by atoms with van der Waals surface area (Å²) in [5.41, 5.74) is 6.99. The van der Waals surface area contributed by atoms with Gasteiger partial charge in [0.05, 0.1) is 12.3 Å². The Kier molecular flexibility index (Phi) is 4.50. The van der Waals surface area contributed by atoms with E-state index in [9.17, 15) is 0 Å². The topological polar surface area (TPSA) is 53.1 Å². The van der Waals surface area contributed by atoms with Crippen molar-refractivity contribution in [2.75, 3.05) is 13.7 Å². The second kappa shape index (κ2) is 5.46. The molecule has 0 aromatic carbocycles. The third-order valence-corrected chi connectivity index (χ3v) is 2.86. The largest absolute Gasteiger partial charge is 0.383 e. The molecular weight excluding hydrogens is 202 g/mol. The van der Waals surface area contributed by atoms with Crippen molar-refractivity contribution in [1.82, 2.24) is 9.78 Å². The predicted octanol–water partition coefficient (Wildman–Crippen LogP) is 1.76. The van der Waals surface area contributed by atoms with Gasteiger partial charge in [0.2, 0.25) is 0 Å². The van der Waals surface area contributed by atoms with Crippen molar-refractivity contribution in [2.24, 2.45) is 5.73 Å². The number of aromatic nitrogens is 2. The third-order valence-electron chi connectivity index (χ3n) is 2.86. The van der Waals surface area contributed by atoms with E-state index in [1.807, 2.05) is 16.9 Å². The number of hydrogen-bond donors (Lipinski definition) is 1. The summed E-state index contributed by atoms with van der Waals surface area (Å²) in [6.45, 7) is 6.87. The number of nitrogens with two attached hydrogens (primary N) is 1. The monoisotopic (exact) mass is 225 g/mol. The molecule has 0 spiro atoms. The number of rotatable bonds is 6. The van der Waals surface area contributed by atoms with E-state index in [-0.39, 0.29) is 5.54 Å². The highest BCUT2D eigenvalue weighted by atomic mass is 16.5. The quantitative estimate of drug-likeness (QED) is 0.802. The maximum absolute atomic E-state index is 6.25. The number of ether oxygens (including phenoxy) is 1. The molecule has 4 nitrogen and oxygen atoms in total. The molecule has 1 aromatic rings. The van der Waals surface area contributed by atoms with Gasteiger partial charge in [-0.3, -0.25) is 4.68 Å². The summed E-state index contributed by atoms with van der Waals surface area (Å²) >= 11 is 0. The molecule has 1 atom stereocenters. The van der Waals surface area contributed by atoms with Gasteiger partial charge >= 0.3 is 0 Å². The SMILES string of the molecule is CCC(N)(COC)Cc1ccn(C(C)C)n1. The van der Waals surface area contributed by atoms with Crippen molar-refractivity contribution in [3.8, 4) is 0 Å². The fourth-order valence-electron chi connectivity index (χ4n) is 1.69. The van der Waals surface area contributed by atoms with E-state index in [1.54, 1.807) is 7.11 Å². The Labute approximate surface area is 97.8 Å². The average molecular weight is 225 g/mol. The molecule has 0 aliphatic carbocycles. The van der Waals surface area contributed by atoms with Crippen molar-refractivity contribution in [3.05, 3.63) is 18.0 Å². The number of methoxy groups -OCH3 is 1. The van der Waals surface area contributed by atoms with Crippen LogP contribution in [0, 0.1) is 0 Å². The maximum Gasteiger partial charge on any atom is 0.0646 e. The molecule has 0 saturated heterocycles. The van der Waals surface area contributed by atoms with Gasteiger partial charge in [-0.25, -0.2) is 0 Å². The highest BCUT2D eigenvalue weighted by molar-refractivity contribution is 5.06. The van der Waals surface area contributed by atoms with Crippen LogP contribution in [0.4, 0.5) is 0 Å². The minimum atomic E-state index is -0.301. The second-order valence-electron chi connectivity index (χ2n) is 4.71. The molecule has 0 saturated carbocycles. The summed E-state index contributed by atoms with van der Waals surface area (Å²) in [4.78, 5) is 0. The van der Waals surface area contributed by atoms with Crippen LogP contribution < -0.4 is 5.73 Å². The van der Waals surface area contributed by atoms with Crippen LogP contribution in [-0.4, -0.2) is 29.0 Å². The van der Waals surface area contributed by atoms with Crippen molar-refractivity contribution in [2.45, 2.75) is 45.2 Å². The van der Waals surface area contributed by atoms with Crippen LogP contribution in [0.1, 0.15) is 38.9 Å². The Morgan fingerprint density at radius 3 is 2.69 bits per heavy atom. The molecule has 1 aromatic heterocycles. The molecule has 1 unspecified atom stereocenters. The smallest absolute Gasteiger partial charge is 0.0646 e. The molecule has 1 rings (SSSR count). The minimum absolute atomic E-state index is 0.301. The van der Waals surface area contributed by atoms with E-state index in [1.165, 1.54) is 0 Å². The lowest BCUT2D eigenvalue weighted by Crippen LogP contribution is -2.45. The summed E-state index contributed by atoms with van der Waals surface area (Å²) in [5.74, 6) is 0. The van der Waals surface area contributed by atoms with E-state index in [4.69, 9.17) is 10.5 Å².